The Kier molecular flexibility index (Phi) is 4.50. The number of likely N-dealkylation sites (tertiary alicyclic amines) is 1. The smallest absolute Gasteiger partial charge is 0.178 e. The molecule has 1 atom stereocenters. The van der Waals surface area contributed by atoms with Crippen LogP contribution in [-0.2, 0) is 16.4 Å². The van der Waals surface area contributed by atoms with E-state index in [2.05, 4.69) is 20.1 Å². The van der Waals surface area contributed by atoms with Gasteiger partial charge in [0.15, 0.2) is 9.84 Å². The van der Waals surface area contributed by atoms with Crippen LogP contribution in [0.15, 0.2) is 29.3 Å². The van der Waals surface area contributed by atoms with Crippen LogP contribution in [0.3, 0.4) is 0 Å². The number of aromatic nitrogens is 3. The molecule has 0 unspecified atom stereocenters. The van der Waals surface area contributed by atoms with Crippen molar-refractivity contribution >= 4 is 9.84 Å². The second-order valence-electron chi connectivity index (χ2n) is 6.26. The quantitative estimate of drug-likeness (QED) is 0.924. The molecule has 124 valence electrons. The molecule has 0 aliphatic carbocycles. The number of aromatic amines is 1. The third kappa shape index (κ3) is 3.79. The van der Waals surface area contributed by atoms with Crippen molar-refractivity contribution in [2.45, 2.75) is 37.1 Å². The van der Waals surface area contributed by atoms with Gasteiger partial charge in [-0.3, -0.25) is 15.0 Å². The van der Waals surface area contributed by atoms with Crippen LogP contribution in [0.25, 0.3) is 0 Å². The lowest BCUT2D eigenvalue weighted by molar-refractivity contribution is 0.195. The molecule has 0 aromatic carbocycles. The first kappa shape index (κ1) is 16.1. The van der Waals surface area contributed by atoms with Crippen molar-refractivity contribution in [1.82, 2.24) is 20.1 Å². The molecule has 0 saturated carbocycles. The molecule has 2 aromatic rings. The molecular formula is C16H22N4O2S. The lowest BCUT2D eigenvalue weighted by atomic mass is 9.95. The summed E-state index contributed by atoms with van der Waals surface area (Å²) in [5.41, 5.74) is 2.82. The Morgan fingerprint density at radius 1 is 1.39 bits per heavy atom. The Balaban J connectivity index is 1.75. The number of nitrogens with zero attached hydrogens (tertiary/aromatic N) is 3. The predicted molar refractivity (Wildman–Crippen MR) is 87.9 cm³/mol. The summed E-state index contributed by atoms with van der Waals surface area (Å²) in [5, 5.41) is 6.85. The standard InChI is InChI=1S/C16H22N4O2S/c1-12-5-3-7-14(18-12)11-20-8-4-6-13(10-20)16-15(9-17-19-16)23(2,21)22/h3,5,7,9,13H,4,6,8,10-11H2,1-2H3,(H,17,19)/t13-/m1/s1. The van der Waals surface area contributed by atoms with E-state index in [4.69, 9.17) is 0 Å². The van der Waals surface area contributed by atoms with Crippen LogP contribution in [0.2, 0.25) is 0 Å². The molecule has 0 radical (unpaired) electrons. The molecule has 0 bridgehead atoms. The fourth-order valence-electron chi connectivity index (χ4n) is 3.22. The molecule has 1 saturated heterocycles. The fraction of sp³-hybridized carbons (Fsp3) is 0.500. The fourth-order valence-corrected chi connectivity index (χ4v) is 4.08. The minimum absolute atomic E-state index is 0.167. The van der Waals surface area contributed by atoms with Gasteiger partial charge in [0.1, 0.15) is 4.90 Å². The van der Waals surface area contributed by atoms with Crippen molar-refractivity contribution < 1.29 is 8.42 Å². The van der Waals surface area contributed by atoms with Crippen molar-refractivity contribution in [3.8, 4) is 0 Å². The second kappa shape index (κ2) is 6.41. The normalized spacial score (nSPS) is 19.8. The Labute approximate surface area is 136 Å². The summed E-state index contributed by atoms with van der Waals surface area (Å²) in [6, 6.07) is 6.05. The number of rotatable bonds is 4. The maximum Gasteiger partial charge on any atom is 0.178 e. The van der Waals surface area contributed by atoms with E-state index in [0.717, 1.165) is 49.6 Å². The average molecular weight is 334 g/mol. The van der Waals surface area contributed by atoms with E-state index in [1.807, 2.05) is 25.1 Å². The van der Waals surface area contributed by atoms with Gasteiger partial charge in [-0.15, -0.1) is 0 Å². The summed E-state index contributed by atoms with van der Waals surface area (Å²) in [7, 11) is -3.25. The van der Waals surface area contributed by atoms with Gasteiger partial charge < -0.3 is 0 Å². The maximum absolute atomic E-state index is 11.9. The van der Waals surface area contributed by atoms with Gasteiger partial charge in [-0.05, 0) is 38.4 Å². The highest BCUT2D eigenvalue weighted by atomic mass is 32.2. The van der Waals surface area contributed by atoms with Crippen molar-refractivity contribution in [3.63, 3.8) is 0 Å². The molecule has 23 heavy (non-hydrogen) atoms. The SMILES string of the molecule is Cc1cccc(CN2CCC[C@@H](c3[nH]ncc3S(C)(=O)=O)C2)n1. The highest BCUT2D eigenvalue weighted by Gasteiger charge is 2.27. The third-order valence-electron chi connectivity index (χ3n) is 4.28. The molecular weight excluding hydrogens is 312 g/mol. The van der Waals surface area contributed by atoms with Crippen LogP contribution < -0.4 is 0 Å². The second-order valence-corrected chi connectivity index (χ2v) is 8.25. The van der Waals surface area contributed by atoms with Crippen LogP contribution in [0.4, 0.5) is 0 Å². The first-order chi connectivity index (χ1) is 10.9. The molecule has 2 aromatic heterocycles. The van der Waals surface area contributed by atoms with E-state index in [0.29, 0.717) is 4.90 Å². The Bertz CT molecular complexity index is 785. The summed E-state index contributed by atoms with van der Waals surface area (Å²) < 4.78 is 23.8. The maximum atomic E-state index is 11.9. The van der Waals surface area contributed by atoms with E-state index in [-0.39, 0.29) is 5.92 Å². The Hall–Kier alpha value is -1.73. The van der Waals surface area contributed by atoms with Crippen LogP contribution in [-0.4, -0.2) is 47.8 Å². The van der Waals surface area contributed by atoms with Gasteiger partial charge in [0.05, 0.1) is 17.6 Å². The summed E-state index contributed by atoms with van der Waals surface area (Å²) in [6.45, 7) is 4.61. The van der Waals surface area contributed by atoms with Gasteiger partial charge in [-0.1, -0.05) is 6.07 Å². The molecule has 1 aliphatic rings. The lowest BCUT2D eigenvalue weighted by Gasteiger charge is -2.32. The minimum Gasteiger partial charge on any atom is -0.297 e. The van der Waals surface area contributed by atoms with Crippen LogP contribution in [0, 0.1) is 6.92 Å². The molecule has 6 nitrogen and oxygen atoms in total. The number of nitrogens with one attached hydrogen (secondary N) is 1. The molecule has 3 rings (SSSR count). The Morgan fingerprint density at radius 3 is 2.96 bits per heavy atom. The van der Waals surface area contributed by atoms with Gasteiger partial charge in [0.25, 0.3) is 0 Å². The van der Waals surface area contributed by atoms with Gasteiger partial charge >= 0.3 is 0 Å². The monoisotopic (exact) mass is 334 g/mol. The van der Waals surface area contributed by atoms with E-state index in [1.165, 1.54) is 12.5 Å². The van der Waals surface area contributed by atoms with Crippen molar-refractivity contribution in [3.05, 3.63) is 41.5 Å². The topological polar surface area (TPSA) is 79.0 Å². The number of hydrogen-bond acceptors (Lipinski definition) is 5. The summed E-state index contributed by atoms with van der Waals surface area (Å²) in [4.78, 5) is 7.22. The van der Waals surface area contributed by atoms with Gasteiger partial charge in [-0.25, -0.2) is 8.42 Å². The van der Waals surface area contributed by atoms with E-state index in [9.17, 15) is 8.42 Å². The first-order valence-electron chi connectivity index (χ1n) is 7.81. The molecule has 1 fully saturated rings. The molecule has 7 heteroatoms. The molecule has 0 amide bonds. The van der Waals surface area contributed by atoms with E-state index < -0.39 is 9.84 Å². The molecule has 1 aliphatic heterocycles. The number of piperidine rings is 1. The van der Waals surface area contributed by atoms with Gasteiger partial charge in [0, 0.05) is 31.0 Å². The van der Waals surface area contributed by atoms with E-state index >= 15 is 0 Å². The zero-order chi connectivity index (χ0) is 16.4. The number of aryl methyl sites for hydroxylation is 1. The first-order valence-corrected chi connectivity index (χ1v) is 9.71. The summed E-state index contributed by atoms with van der Waals surface area (Å²) >= 11 is 0. The highest BCUT2D eigenvalue weighted by molar-refractivity contribution is 7.90. The summed E-state index contributed by atoms with van der Waals surface area (Å²) in [5.74, 6) is 0.167. The zero-order valence-electron chi connectivity index (χ0n) is 13.5. The highest BCUT2D eigenvalue weighted by Crippen LogP contribution is 2.30. The largest absolute Gasteiger partial charge is 0.297 e. The third-order valence-corrected chi connectivity index (χ3v) is 5.40. The van der Waals surface area contributed by atoms with Crippen LogP contribution in [0.1, 0.15) is 35.8 Å². The number of hydrogen-bond donors (Lipinski definition) is 1. The van der Waals surface area contributed by atoms with Gasteiger partial charge in [0.2, 0.25) is 0 Å². The average Bonchev–Trinajstić information content (AvgIpc) is 2.97. The minimum atomic E-state index is -3.25. The number of sulfone groups is 1. The molecule has 0 spiro atoms. The number of H-pyrrole nitrogens is 1. The van der Waals surface area contributed by atoms with E-state index in [1.54, 1.807) is 0 Å². The van der Waals surface area contributed by atoms with Crippen molar-refractivity contribution in [2.24, 2.45) is 0 Å². The van der Waals surface area contributed by atoms with Crippen LogP contribution >= 0.6 is 0 Å². The zero-order valence-corrected chi connectivity index (χ0v) is 14.3. The van der Waals surface area contributed by atoms with Crippen molar-refractivity contribution in [1.29, 1.82) is 0 Å². The van der Waals surface area contributed by atoms with Crippen molar-refractivity contribution in [2.75, 3.05) is 19.3 Å². The number of pyridine rings is 1. The van der Waals surface area contributed by atoms with Gasteiger partial charge in [-0.2, -0.15) is 5.10 Å². The molecule has 3 heterocycles. The Morgan fingerprint density at radius 2 is 2.22 bits per heavy atom. The summed E-state index contributed by atoms with van der Waals surface area (Å²) in [6.07, 6.45) is 4.67. The predicted octanol–water partition coefficient (Wildman–Crippen LogP) is 1.90. The molecule has 1 N–H and O–H groups in total. The lowest BCUT2D eigenvalue weighted by Crippen LogP contribution is -2.34. The van der Waals surface area contributed by atoms with Crippen LogP contribution in [0.5, 0.6) is 0 Å².